The van der Waals surface area contributed by atoms with Gasteiger partial charge >= 0.3 is 0 Å². The summed E-state index contributed by atoms with van der Waals surface area (Å²) in [6, 6.07) is 22.6. The van der Waals surface area contributed by atoms with Crippen LogP contribution in [-0.2, 0) is 0 Å². The number of para-hydroxylation sites is 1. The minimum Gasteiger partial charge on any atom is -0.361 e. The Bertz CT molecular complexity index is 1200. The van der Waals surface area contributed by atoms with Gasteiger partial charge in [-0.15, -0.1) is 0 Å². The molecular formula is C42H70N4. The fraction of sp³-hybridized carbons (Fsp3) is 0.524. The quantitative estimate of drug-likeness (QED) is 0.204. The Kier molecular flexibility index (Phi) is 26.0. The lowest BCUT2D eigenvalue weighted by Gasteiger charge is -1.97. The molecule has 0 amide bonds. The molecule has 3 aromatic heterocycles. The summed E-state index contributed by atoms with van der Waals surface area (Å²) in [5.74, 6) is 4.41. The minimum atomic E-state index is 0.527. The Labute approximate surface area is 284 Å². The van der Waals surface area contributed by atoms with E-state index in [9.17, 15) is 0 Å². The number of nitrogens with zero attached hydrogens (tertiary/aromatic N) is 2. The predicted octanol–water partition coefficient (Wildman–Crippen LogP) is 13.7. The van der Waals surface area contributed by atoms with Crippen LogP contribution in [0.15, 0.2) is 85.3 Å². The van der Waals surface area contributed by atoms with Gasteiger partial charge in [-0.1, -0.05) is 153 Å². The number of pyridine rings is 1. The zero-order valence-corrected chi connectivity index (χ0v) is 32.4. The second kappa shape index (κ2) is 26.8. The number of fused-ring (bicyclic) bond motifs is 2. The van der Waals surface area contributed by atoms with Crippen molar-refractivity contribution in [2.75, 3.05) is 0 Å². The van der Waals surface area contributed by atoms with Crippen LogP contribution in [0.2, 0.25) is 0 Å². The van der Waals surface area contributed by atoms with Gasteiger partial charge in [0.1, 0.15) is 0 Å². The highest BCUT2D eigenvalue weighted by molar-refractivity contribution is 5.81. The predicted molar refractivity (Wildman–Crippen MR) is 209 cm³/mol. The van der Waals surface area contributed by atoms with Gasteiger partial charge in [-0.25, -0.2) is 0 Å². The van der Waals surface area contributed by atoms with E-state index in [1.54, 1.807) is 0 Å². The van der Waals surface area contributed by atoms with Crippen LogP contribution >= 0.6 is 0 Å². The molecule has 5 aromatic rings. The van der Waals surface area contributed by atoms with E-state index in [1.807, 2.05) is 48.9 Å². The van der Waals surface area contributed by atoms with Gasteiger partial charge in [0, 0.05) is 29.8 Å². The third-order valence-electron chi connectivity index (χ3n) is 4.84. The normalized spacial score (nSPS) is 10.0. The molecule has 2 aromatic carbocycles. The number of nitrogens with one attached hydrogen (secondary N) is 2. The van der Waals surface area contributed by atoms with Gasteiger partial charge < -0.3 is 4.98 Å². The van der Waals surface area contributed by atoms with Crippen molar-refractivity contribution in [3.8, 4) is 0 Å². The topological polar surface area (TPSA) is 57.4 Å². The standard InChI is InChI=1S/C9H16N2.C9H7N.C8H7N.4C4H10/c1-6(2)8-5-9(7(3)4)11-10-8;1-2-4-9-7-10-6-5-8(9)3-1;1-2-4-8-7(3-1)5-6-9-8;4*1-4(2)3/h5-7H,1-4H3,(H,10,11);1-7H;1-6,9H;4*4H,1-3H3. The molecule has 0 saturated carbocycles. The number of hydrogen-bond donors (Lipinski definition) is 2. The van der Waals surface area contributed by atoms with E-state index in [2.05, 4.69) is 167 Å². The molecule has 46 heavy (non-hydrogen) atoms. The van der Waals surface area contributed by atoms with E-state index in [1.165, 1.54) is 27.4 Å². The first-order chi connectivity index (χ1) is 21.5. The molecule has 0 radical (unpaired) electrons. The monoisotopic (exact) mass is 631 g/mol. The molecular weight excluding hydrogens is 560 g/mol. The van der Waals surface area contributed by atoms with Gasteiger partial charge in [0.15, 0.2) is 0 Å². The fourth-order valence-corrected chi connectivity index (χ4v) is 2.97. The third kappa shape index (κ3) is 27.0. The Hall–Kier alpha value is -3.40. The maximum atomic E-state index is 4.21. The molecule has 4 heteroatoms. The molecule has 0 aliphatic carbocycles. The van der Waals surface area contributed by atoms with E-state index < -0.39 is 0 Å². The Balaban J connectivity index is 0. The Morgan fingerprint density at radius 2 is 0.957 bits per heavy atom. The van der Waals surface area contributed by atoms with Crippen molar-refractivity contribution in [3.05, 3.63) is 96.7 Å². The molecule has 0 bridgehead atoms. The number of benzene rings is 2. The first-order valence-corrected chi connectivity index (χ1v) is 17.3. The van der Waals surface area contributed by atoms with Crippen molar-refractivity contribution >= 4 is 21.7 Å². The lowest BCUT2D eigenvalue weighted by Crippen LogP contribution is -1.85. The van der Waals surface area contributed by atoms with Gasteiger partial charge in [-0.05, 0) is 75.9 Å². The van der Waals surface area contributed by atoms with Crippen LogP contribution in [0.1, 0.15) is 134 Å². The number of aromatic amines is 2. The average Bonchev–Trinajstić information content (AvgIpc) is 3.63. The summed E-state index contributed by atoms with van der Waals surface area (Å²) in [4.78, 5) is 7.13. The van der Waals surface area contributed by atoms with Gasteiger partial charge in [-0.3, -0.25) is 10.1 Å². The second-order valence-electron chi connectivity index (χ2n) is 14.8. The molecule has 3 heterocycles. The summed E-state index contributed by atoms with van der Waals surface area (Å²) >= 11 is 0. The molecule has 0 fully saturated rings. The van der Waals surface area contributed by atoms with Crippen LogP contribution in [0.3, 0.4) is 0 Å². The van der Waals surface area contributed by atoms with E-state index in [0.29, 0.717) is 11.8 Å². The second-order valence-corrected chi connectivity index (χ2v) is 14.8. The highest BCUT2D eigenvalue weighted by Crippen LogP contribution is 2.17. The first kappa shape index (κ1) is 44.7. The molecule has 0 unspecified atom stereocenters. The molecule has 2 N–H and O–H groups in total. The fourth-order valence-electron chi connectivity index (χ4n) is 2.97. The largest absolute Gasteiger partial charge is 0.361 e. The highest BCUT2D eigenvalue weighted by Gasteiger charge is 2.06. The lowest BCUT2D eigenvalue weighted by molar-refractivity contribution is 0.736. The van der Waals surface area contributed by atoms with Crippen molar-refractivity contribution in [2.45, 2.75) is 123 Å². The summed E-state index contributed by atoms with van der Waals surface area (Å²) in [6.07, 6.45) is 5.63. The van der Waals surface area contributed by atoms with Gasteiger partial charge in [-0.2, -0.15) is 5.10 Å². The molecule has 0 aliphatic rings. The first-order valence-electron chi connectivity index (χ1n) is 17.3. The maximum absolute atomic E-state index is 4.21. The van der Waals surface area contributed by atoms with Crippen LogP contribution < -0.4 is 0 Å². The molecule has 0 saturated heterocycles. The molecule has 4 nitrogen and oxygen atoms in total. The van der Waals surface area contributed by atoms with Crippen molar-refractivity contribution in [1.82, 2.24) is 20.2 Å². The van der Waals surface area contributed by atoms with Crippen LogP contribution in [0, 0.1) is 23.7 Å². The highest BCUT2D eigenvalue weighted by atomic mass is 15.1. The zero-order valence-electron chi connectivity index (χ0n) is 32.4. The summed E-state index contributed by atoms with van der Waals surface area (Å²) in [5, 5.41) is 11.0. The number of aromatic nitrogens is 4. The molecule has 0 aliphatic heterocycles. The summed E-state index contributed by atoms with van der Waals surface area (Å²) in [7, 11) is 0. The maximum Gasteiger partial charge on any atom is 0.0650 e. The van der Waals surface area contributed by atoms with Crippen molar-refractivity contribution in [1.29, 1.82) is 0 Å². The molecule has 0 atom stereocenters. The molecule has 258 valence electrons. The van der Waals surface area contributed by atoms with Crippen molar-refractivity contribution in [2.24, 2.45) is 23.7 Å². The smallest absolute Gasteiger partial charge is 0.0650 e. The van der Waals surface area contributed by atoms with Crippen molar-refractivity contribution < 1.29 is 0 Å². The average molecular weight is 631 g/mol. The van der Waals surface area contributed by atoms with Gasteiger partial charge in [0.05, 0.1) is 5.69 Å². The third-order valence-corrected chi connectivity index (χ3v) is 4.84. The minimum absolute atomic E-state index is 0.527. The van der Waals surface area contributed by atoms with Crippen molar-refractivity contribution in [3.63, 3.8) is 0 Å². The van der Waals surface area contributed by atoms with E-state index >= 15 is 0 Å². The van der Waals surface area contributed by atoms with E-state index in [-0.39, 0.29) is 0 Å². The van der Waals surface area contributed by atoms with Gasteiger partial charge in [0.25, 0.3) is 0 Å². The molecule has 5 rings (SSSR count). The van der Waals surface area contributed by atoms with Crippen LogP contribution in [0.4, 0.5) is 0 Å². The van der Waals surface area contributed by atoms with Crippen LogP contribution in [0.5, 0.6) is 0 Å². The van der Waals surface area contributed by atoms with E-state index in [4.69, 9.17) is 0 Å². The number of rotatable bonds is 2. The van der Waals surface area contributed by atoms with Crippen LogP contribution in [0.25, 0.3) is 21.7 Å². The zero-order chi connectivity index (χ0) is 35.7. The number of H-pyrrole nitrogens is 2. The van der Waals surface area contributed by atoms with Gasteiger partial charge in [0.2, 0.25) is 0 Å². The van der Waals surface area contributed by atoms with Crippen LogP contribution in [-0.4, -0.2) is 20.2 Å². The Morgan fingerprint density at radius 1 is 0.500 bits per heavy atom. The summed E-state index contributed by atoms with van der Waals surface area (Å²) in [5.41, 5.74) is 3.60. The molecule has 0 spiro atoms. The lowest BCUT2D eigenvalue weighted by atomic mass is 10.1. The Morgan fingerprint density at radius 3 is 1.35 bits per heavy atom. The number of hydrogen-bond acceptors (Lipinski definition) is 2. The van der Waals surface area contributed by atoms with E-state index in [0.717, 1.165) is 29.4 Å². The SMILES string of the molecule is CC(C)C.CC(C)C.CC(C)C.CC(C)C.CC(C)c1cc(C(C)C)[nH]n1.c1ccc2[nH]ccc2c1.c1ccc2cnccc2c1. The summed E-state index contributed by atoms with van der Waals surface area (Å²) < 4.78 is 0. The summed E-state index contributed by atoms with van der Waals surface area (Å²) in [6.45, 7) is 34.6.